The molecule has 2 aromatic carbocycles. The smallest absolute Gasteiger partial charge is 0.287 e. The Kier molecular flexibility index (Phi) is 5.59. The molecule has 0 aliphatic heterocycles. The molecule has 0 fully saturated rings. The molecule has 0 atom stereocenters. The van der Waals surface area contributed by atoms with Gasteiger partial charge in [0.05, 0.1) is 6.21 Å². The number of rotatable bonds is 5. The molecule has 0 saturated carbocycles. The van der Waals surface area contributed by atoms with Crippen LogP contribution in [-0.2, 0) is 9.59 Å². The number of amides is 2. The molecule has 6 heteroatoms. The van der Waals surface area contributed by atoms with Crippen LogP contribution in [0.3, 0.4) is 0 Å². The van der Waals surface area contributed by atoms with Crippen molar-refractivity contribution in [1.82, 2.24) is 9.99 Å². The Bertz CT molecular complexity index is 1040. The first-order valence-electron chi connectivity index (χ1n) is 9.01. The predicted octanol–water partition coefficient (Wildman–Crippen LogP) is 3.88. The highest BCUT2D eigenvalue weighted by molar-refractivity contribution is 6.00. The average molecular weight is 377 g/mol. The van der Waals surface area contributed by atoms with E-state index in [2.05, 4.69) is 10.1 Å². The fraction of sp³-hybridized carbons (Fsp3) is 0.227. The Labute approximate surface area is 163 Å². The maximum absolute atomic E-state index is 12.5. The third-order valence-electron chi connectivity index (χ3n) is 4.42. The number of aromatic nitrogens is 1. The number of hydrogen-bond acceptors (Lipinski definition) is 4. The quantitative estimate of drug-likeness (QED) is 0.542. The number of aromatic amines is 1. The number of imide groups is 1. The van der Waals surface area contributed by atoms with Crippen LogP contribution in [0.2, 0.25) is 0 Å². The molecule has 1 N–H and O–H groups in total. The first kappa shape index (κ1) is 19.4. The van der Waals surface area contributed by atoms with E-state index in [-0.39, 0.29) is 6.61 Å². The van der Waals surface area contributed by atoms with E-state index < -0.39 is 11.8 Å². The van der Waals surface area contributed by atoms with Crippen molar-refractivity contribution in [2.24, 2.45) is 5.10 Å². The number of nitrogens with zero attached hydrogens (tertiary/aromatic N) is 2. The lowest BCUT2D eigenvalue weighted by Gasteiger charge is -2.16. The van der Waals surface area contributed by atoms with Crippen LogP contribution in [0.25, 0.3) is 10.9 Å². The molecule has 0 unspecified atom stereocenters. The van der Waals surface area contributed by atoms with Gasteiger partial charge in [-0.1, -0.05) is 29.8 Å². The van der Waals surface area contributed by atoms with Crippen molar-refractivity contribution in [2.75, 3.05) is 6.61 Å². The molecular formula is C22H23N3O3. The van der Waals surface area contributed by atoms with Crippen LogP contribution in [0, 0.1) is 20.8 Å². The largest absolute Gasteiger partial charge is 0.483 e. The molecule has 3 rings (SSSR count). The third-order valence-corrected chi connectivity index (χ3v) is 4.42. The van der Waals surface area contributed by atoms with Gasteiger partial charge in [-0.15, -0.1) is 0 Å². The normalized spacial score (nSPS) is 11.1. The fourth-order valence-electron chi connectivity index (χ4n) is 3.25. The van der Waals surface area contributed by atoms with E-state index in [1.54, 1.807) is 0 Å². The number of carbonyl (C=O) groups is 2. The molecule has 1 heterocycles. The summed E-state index contributed by atoms with van der Waals surface area (Å²) in [5.41, 5.74) is 4.79. The summed E-state index contributed by atoms with van der Waals surface area (Å²) in [6.07, 6.45) is 3.34. The van der Waals surface area contributed by atoms with Crippen molar-refractivity contribution >= 4 is 28.9 Å². The SMILES string of the molecule is CC(=O)N(/N=C/c1cccc2[nH]ccc12)C(=O)COc1c(C)cc(C)cc1C. The zero-order chi connectivity index (χ0) is 20.3. The summed E-state index contributed by atoms with van der Waals surface area (Å²) in [5, 5.41) is 5.91. The summed E-state index contributed by atoms with van der Waals surface area (Å²) >= 11 is 0. The number of ether oxygens (including phenoxy) is 1. The first-order valence-corrected chi connectivity index (χ1v) is 9.01. The Morgan fingerprint density at radius 3 is 2.54 bits per heavy atom. The minimum Gasteiger partial charge on any atom is -0.483 e. The number of hydrazone groups is 1. The van der Waals surface area contributed by atoms with Gasteiger partial charge in [-0.3, -0.25) is 9.59 Å². The Balaban J connectivity index is 1.76. The molecule has 1 aromatic heterocycles. The molecular weight excluding hydrogens is 354 g/mol. The monoisotopic (exact) mass is 377 g/mol. The maximum Gasteiger partial charge on any atom is 0.287 e. The molecule has 0 saturated heterocycles. The summed E-state index contributed by atoms with van der Waals surface area (Å²) in [5.74, 6) is -0.337. The number of benzene rings is 2. The fourth-order valence-corrected chi connectivity index (χ4v) is 3.25. The molecule has 2 amide bonds. The minimum atomic E-state index is -0.524. The van der Waals surface area contributed by atoms with Gasteiger partial charge in [-0.05, 0) is 44.0 Å². The molecule has 0 aliphatic rings. The highest BCUT2D eigenvalue weighted by atomic mass is 16.5. The van der Waals surface area contributed by atoms with Crippen LogP contribution in [0.15, 0.2) is 47.7 Å². The second kappa shape index (κ2) is 8.08. The highest BCUT2D eigenvalue weighted by Crippen LogP contribution is 2.24. The molecule has 3 aromatic rings. The van der Waals surface area contributed by atoms with Crippen molar-refractivity contribution in [3.8, 4) is 5.75 Å². The van der Waals surface area contributed by atoms with Crippen molar-refractivity contribution in [3.05, 3.63) is 64.8 Å². The van der Waals surface area contributed by atoms with E-state index in [4.69, 9.17) is 4.74 Å². The van der Waals surface area contributed by atoms with Gasteiger partial charge in [0.2, 0.25) is 5.91 Å². The molecule has 0 aliphatic carbocycles. The van der Waals surface area contributed by atoms with Crippen LogP contribution >= 0.6 is 0 Å². The van der Waals surface area contributed by atoms with Gasteiger partial charge < -0.3 is 9.72 Å². The maximum atomic E-state index is 12.5. The standard InChI is InChI=1S/C22H23N3O3/c1-14-10-15(2)22(16(3)11-14)28-13-21(27)25(17(4)26)24-12-18-6-5-7-20-19(18)8-9-23-20/h5-12,23H,13H2,1-4H3/b24-12+. The highest BCUT2D eigenvalue weighted by Gasteiger charge is 2.19. The summed E-state index contributed by atoms with van der Waals surface area (Å²) in [4.78, 5) is 27.6. The number of hydrogen-bond donors (Lipinski definition) is 1. The van der Waals surface area contributed by atoms with Gasteiger partial charge in [0.25, 0.3) is 5.91 Å². The van der Waals surface area contributed by atoms with E-state index in [1.165, 1.54) is 13.1 Å². The van der Waals surface area contributed by atoms with E-state index in [9.17, 15) is 9.59 Å². The van der Waals surface area contributed by atoms with Gasteiger partial charge in [0.1, 0.15) is 5.75 Å². The van der Waals surface area contributed by atoms with Crippen LogP contribution in [0.5, 0.6) is 5.75 Å². The van der Waals surface area contributed by atoms with Gasteiger partial charge in [0, 0.05) is 29.6 Å². The lowest BCUT2D eigenvalue weighted by molar-refractivity contribution is -0.144. The number of aryl methyl sites for hydroxylation is 3. The van der Waals surface area contributed by atoms with Gasteiger partial charge in [-0.2, -0.15) is 10.1 Å². The van der Waals surface area contributed by atoms with Crippen molar-refractivity contribution in [1.29, 1.82) is 0 Å². The van der Waals surface area contributed by atoms with Crippen molar-refractivity contribution < 1.29 is 14.3 Å². The molecule has 0 spiro atoms. The molecule has 144 valence electrons. The van der Waals surface area contributed by atoms with Crippen LogP contribution in [-0.4, -0.2) is 34.6 Å². The number of fused-ring (bicyclic) bond motifs is 1. The first-order chi connectivity index (χ1) is 13.4. The topological polar surface area (TPSA) is 74.8 Å². The van der Waals surface area contributed by atoms with E-state index >= 15 is 0 Å². The Morgan fingerprint density at radius 2 is 1.86 bits per heavy atom. The predicted molar refractivity (Wildman–Crippen MR) is 110 cm³/mol. The van der Waals surface area contributed by atoms with E-state index in [0.29, 0.717) is 5.75 Å². The zero-order valence-corrected chi connectivity index (χ0v) is 16.4. The number of carbonyl (C=O) groups excluding carboxylic acids is 2. The second-order valence-electron chi connectivity index (χ2n) is 6.77. The van der Waals surface area contributed by atoms with Crippen molar-refractivity contribution in [3.63, 3.8) is 0 Å². The molecule has 0 radical (unpaired) electrons. The van der Waals surface area contributed by atoms with Crippen molar-refractivity contribution in [2.45, 2.75) is 27.7 Å². The van der Waals surface area contributed by atoms with Gasteiger partial charge in [-0.25, -0.2) is 0 Å². The third kappa shape index (κ3) is 4.11. The minimum absolute atomic E-state index is 0.268. The van der Waals surface area contributed by atoms with Crippen LogP contribution in [0.1, 0.15) is 29.2 Å². The average Bonchev–Trinajstić information content (AvgIpc) is 3.10. The lowest BCUT2D eigenvalue weighted by Crippen LogP contribution is -2.34. The molecule has 0 bridgehead atoms. The van der Waals surface area contributed by atoms with Gasteiger partial charge >= 0.3 is 0 Å². The molecule has 28 heavy (non-hydrogen) atoms. The zero-order valence-electron chi connectivity index (χ0n) is 16.4. The Morgan fingerprint density at radius 1 is 1.14 bits per heavy atom. The lowest BCUT2D eigenvalue weighted by atomic mass is 10.1. The Hall–Kier alpha value is -3.41. The summed E-state index contributed by atoms with van der Waals surface area (Å²) < 4.78 is 5.70. The number of H-pyrrole nitrogens is 1. The summed E-state index contributed by atoms with van der Waals surface area (Å²) in [6, 6.07) is 11.6. The number of nitrogens with one attached hydrogen (secondary N) is 1. The van der Waals surface area contributed by atoms with Crippen LogP contribution < -0.4 is 4.74 Å². The summed E-state index contributed by atoms with van der Waals surface area (Å²) in [7, 11) is 0. The van der Waals surface area contributed by atoms with E-state index in [1.807, 2.05) is 63.4 Å². The summed E-state index contributed by atoms with van der Waals surface area (Å²) in [6.45, 7) is 6.90. The van der Waals surface area contributed by atoms with Crippen LogP contribution in [0.4, 0.5) is 0 Å². The van der Waals surface area contributed by atoms with E-state index in [0.717, 1.165) is 38.2 Å². The molecule has 6 nitrogen and oxygen atoms in total. The second-order valence-corrected chi connectivity index (χ2v) is 6.77. The van der Waals surface area contributed by atoms with Gasteiger partial charge in [0.15, 0.2) is 6.61 Å².